The van der Waals surface area contributed by atoms with Crippen LogP contribution in [-0.2, 0) is 22.6 Å². The minimum atomic E-state index is -1.06. The van der Waals surface area contributed by atoms with Crippen LogP contribution in [0.5, 0.6) is 5.75 Å². The summed E-state index contributed by atoms with van der Waals surface area (Å²) in [7, 11) is 1.63. The fourth-order valence-corrected chi connectivity index (χ4v) is 2.47. The van der Waals surface area contributed by atoms with Gasteiger partial charge in [-0.3, -0.25) is 9.59 Å². The molecule has 0 saturated carbocycles. The highest BCUT2D eigenvalue weighted by Crippen LogP contribution is 2.15. The lowest BCUT2D eigenvalue weighted by molar-refractivity contribution is -0.139. The van der Waals surface area contributed by atoms with Gasteiger partial charge in [-0.05, 0) is 35.7 Å². The van der Waals surface area contributed by atoms with Crippen molar-refractivity contribution in [3.63, 3.8) is 0 Å². The van der Waals surface area contributed by atoms with Crippen LogP contribution in [0.2, 0.25) is 0 Å². The molecule has 1 amide bonds. The summed E-state index contributed by atoms with van der Waals surface area (Å²) in [6.45, 7) is -0.133. The number of carboxylic acid groups (broad SMARTS) is 1. The van der Waals surface area contributed by atoms with Crippen molar-refractivity contribution < 1.29 is 19.4 Å². The molecule has 0 spiro atoms. The Bertz CT molecular complexity index is 833. The van der Waals surface area contributed by atoms with Crippen molar-refractivity contribution in [2.75, 3.05) is 13.7 Å². The van der Waals surface area contributed by atoms with Gasteiger partial charge in [-0.15, -0.1) is 0 Å². The second-order valence-electron chi connectivity index (χ2n) is 5.90. The molecule has 0 saturated heterocycles. The lowest BCUT2D eigenvalue weighted by atomic mass is 10.1. The Morgan fingerprint density at radius 3 is 2.73 bits per heavy atom. The van der Waals surface area contributed by atoms with Gasteiger partial charge in [0.2, 0.25) is 11.5 Å². The number of nitrogens with two attached hydrogens (primary N) is 1. The molecule has 4 N–H and O–H groups in total. The van der Waals surface area contributed by atoms with Gasteiger partial charge in [0.15, 0.2) is 6.61 Å². The number of aromatic amines is 1. The Morgan fingerprint density at radius 2 is 2.04 bits per heavy atom. The van der Waals surface area contributed by atoms with Crippen LogP contribution in [0, 0.1) is 0 Å². The van der Waals surface area contributed by atoms with E-state index in [-0.39, 0.29) is 17.9 Å². The Kier molecular flexibility index (Phi) is 6.51. The smallest absolute Gasteiger partial charge is 0.341 e. The summed E-state index contributed by atoms with van der Waals surface area (Å²) in [5.74, 6) is -0.908. The summed E-state index contributed by atoms with van der Waals surface area (Å²) in [4.78, 5) is 38.3. The maximum absolute atomic E-state index is 12.4. The van der Waals surface area contributed by atoms with Crippen LogP contribution in [0.15, 0.2) is 47.4 Å². The SMILES string of the molecule is CN(Cc1cccc(OCC(=O)O)c1)C(=O)C(N)Cc1cc[nH]c(=O)c1. The van der Waals surface area contributed by atoms with Crippen molar-refractivity contribution >= 4 is 11.9 Å². The van der Waals surface area contributed by atoms with Crippen LogP contribution in [0.3, 0.4) is 0 Å². The van der Waals surface area contributed by atoms with Gasteiger partial charge in [-0.25, -0.2) is 4.79 Å². The summed E-state index contributed by atoms with van der Waals surface area (Å²) in [6, 6.07) is 9.20. The molecular formula is C18H21N3O5. The average Bonchev–Trinajstić information content (AvgIpc) is 2.59. The zero-order chi connectivity index (χ0) is 19.1. The third-order valence-corrected chi connectivity index (χ3v) is 3.67. The van der Waals surface area contributed by atoms with E-state index in [1.54, 1.807) is 37.4 Å². The number of carboxylic acids is 1. The van der Waals surface area contributed by atoms with Crippen LogP contribution in [0.25, 0.3) is 0 Å². The number of H-pyrrole nitrogens is 1. The highest BCUT2D eigenvalue weighted by atomic mass is 16.5. The number of hydrogen-bond acceptors (Lipinski definition) is 5. The van der Waals surface area contributed by atoms with Gasteiger partial charge >= 0.3 is 5.97 Å². The minimum absolute atomic E-state index is 0.242. The zero-order valence-corrected chi connectivity index (χ0v) is 14.3. The van der Waals surface area contributed by atoms with Crippen molar-refractivity contribution in [3.8, 4) is 5.75 Å². The van der Waals surface area contributed by atoms with E-state index < -0.39 is 18.6 Å². The van der Waals surface area contributed by atoms with Crippen molar-refractivity contribution in [2.45, 2.75) is 19.0 Å². The summed E-state index contributed by atoms with van der Waals surface area (Å²) in [6.07, 6.45) is 1.77. The molecule has 1 atom stereocenters. The predicted octanol–water partition coefficient (Wildman–Crippen LogP) is 0.367. The minimum Gasteiger partial charge on any atom is -0.482 e. The van der Waals surface area contributed by atoms with Gasteiger partial charge in [-0.1, -0.05) is 12.1 Å². The molecule has 0 radical (unpaired) electrons. The normalized spacial score (nSPS) is 11.6. The molecule has 1 heterocycles. The monoisotopic (exact) mass is 359 g/mol. The van der Waals surface area contributed by atoms with Crippen LogP contribution in [-0.4, -0.2) is 46.6 Å². The molecule has 26 heavy (non-hydrogen) atoms. The Morgan fingerprint density at radius 1 is 1.27 bits per heavy atom. The molecule has 8 heteroatoms. The van der Waals surface area contributed by atoms with E-state index in [1.165, 1.54) is 17.2 Å². The summed E-state index contributed by atoms with van der Waals surface area (Å²) < 4.78 is 5.13. The molecule has 2 aromatic rings. The first-order chi connectivity index (χ1) is 12.3. The quantitative estimate of drug-likeness (QED) is 0.625. The fourth-order valence-electron chi connectivity index (χ4n) is 2.47. The number of aromatic nitrogens is 1. The number of pyridine rings is 1. The standard InChI is InChI=1S/C18H21N3O5/c1-21(10-13-3-2-4-14(7-13)26-11-17(23)24)18(25)15(19)8-12-5-6-20-16(22)9-12/h2-7,9,15H,8,10-11,19H2,1H3,(H,20,22)(H,23,24). The van der Waals surface area contributed by atoms with Gasteiger partial charge in [-0.2, -0.15) is 0 Å². The number of amides is 1. The molecule has 0 aliphatic rings. The van der Waals surface area contributed by atoms with E-state index in [0.29, 0.717) is 17.9 Å². The van der Waals surface area contributed by atoms with Gasteiger partial charge in [0.1, 0.15) is 5.75 Å². The third-order valence-electron chi connectivity index (χ3n) is 3.67. The number of benzene rings is 1. The van der Waals surface area contributed by atoms with Gasteiger partial charge in [0.25, 0.3) is 0 Å². The molecule has 138 valence electrons. The zero-order valence-electron chi connectivity index (χ0n) is 14.3. The van der Waals surface area contributed by atoms with Crippen molar-refractivity contribution in [1.82, 2.24) is 9.88 Å². The number of ether oxygens (including phenoxy) is 1. The number of aliphatic carboxylic acids is 1. The molecule has 0 aliphatic heterocycles. The van der Waals surface area contributed by atoms with Crippen LogP contribution < -0.4 is 16.0 Å². The van der Waals surface area contributed by atoms with Crippen molar-refractivity contribution in [2.24, 2.45) is 5.73 Å². The first-order valence-corrected chi connectivity index (χ1v) is 7.97. The Balaban J connectivity index is 1.96. The van der Waals surface area contributed by atoms with Crippen molar-refractivity contribution in [3.05, 3.63) is 64.1 Å². The Hall–Kier alpha value is -3.13. The predicted molar refractivity (Wildman–Crippen MR) is 94.8 cm³/mol. The molecule has 1 aromatic carbocycles. The van der Waals surface area contributed by atoms with E-state index in [9.17, 15) is 14.4 Å². The molecule has 1 aromatic heterocycles. The molecule has 0 bridgehead atoms. The second-order valence-corrected chi connectivity index (χ2v) is 5.90. The van der Waals surface area contributed by atoms with E-state index >= 15 is 0 Å². The largest absolute Gasteiger partial charge is 0.482 e. The third kappa shape index (κ3) is 5.75. The maximum Gasteiger partial charge on any atom is 0.341 e. The Labute approximate surface area is 150 Å². The molecular weight excluding hydrogens is 338 g/mol. The van der Waals surface area contributed by atoms with Crippen LogP contribution in [0.1, 0.15) is 11.1 Å². The van der Waals surface area contributed by atoms with E-state index in [2.05, 4.69) is 4.98 Å². The second kappa shape index (κ2) is 8.82. The first kappa shape index (κ1) is 19.2. The molecule has 2 rings (SSSR count). The van der Waals surface area contributed by atoms with Crippen LogP contribution in [0.4, 0.5) is 0 Å². The summed E-state index contributed by atoms with van der Waals surface area (Å²) >= 11 is 0. The number of carbonyl (C=O) groups is 2. The number of nitrogens with zero attached hydrogens (tertiary/aromatic N) is 1. The van der Waals surface area contributed by atoms with Gasteiger partial charge in [0.05, 0.1) is 6.04 Å². The van der Waals surface area contributed by atoms with E-state index in [4.69, 9.17) is 15.6 Å². The van der Waals surface area contributed by atoms with Gasteiger partial charge < -0.3 is 25.5 Å². The van der Waals surface area contributed by atoms with Crippen molar-refractivity contribution in [1.29, 1.82) is 0 Å². The first-order valence-electron chi connectivity index (χ1n) is 7.97. The number of nitrogens with one attached hydrogen (secondary N) is 1. The highest BCUT2D eigenvalue weighted by molar-refractivity contribution is 5.81. The summed E-state index contributed by atoms with van der Waals surface area (Å²) in [5, 5.41) is 8.65. The number of hydrogen-bond donors (Lipinski definition) is 3. The maximum atomic E-state index is 12.4. The van der Waals surface area contributed by atoms with Gasteiger partial charge in [0, 0.05) is 25.9 Å². The molecule has 8 nitrogen and oxygen atoms in total. The molecule has 0 aliphatic carbocycles. The number of likely N-dealkylation sites (N-methyl/N-ethyl adjacent to an activating group) is 1. The lowest BCUT2D eigenvalue weighted by Crippen LogP contribution is -2.42. The molecule has 1 unspecified atom stereocenters. The van der Waals surface area contributed by atoms with E-state index in [0.717, 1.165) is 5.56 Å². The molecule has 0 fully saturated rings. The fraction of sp³-hybridized carbons (Fsp3) is 0.278. The summed E-state index contributed by atoms with van der Waals surface area (Å²) in [5.41, 5.74) is 7.20. The topological polar surface area (TPSA) is 126 Å². The lowest BCUT2D eigenvalue weighted by Gasteiger charge is -2.21. The number of rotatable bonds is 8. The number of carbonyl (C=O) groups excluding carboxylic acids is 1. The van der Waals surface area contributed by atoms with Crippen LogP contribution >= 0.6 is 0 Å². The highest BCUT2D eigenvalue weighted by Gasteiger charge is 2.19. The van der Waals surface area contributed by atoms with E-state index in [1.807, 2.05) is 0 Å². The average molecular weight is 359 g/mol.